The van der Waals surface area contributed by atoms with Crippen molar-refractivity contribution in [3.63, 3.8) is 0 Å². The summed E-state index contributed by atoms with van der Waals surface area (Å²) in [5.41, 5.74) is 1.64. The molecule has 0 radical (unpaired) electrons. The van der Waals surface area contributed by atoms with Crippen molar-refractivity contribution in [2.45, 2.75) is 38.1 Å². The van der Waals surface area contributed by atoms with E-state index in [0.717, 1.165) is 17.0 Å². The summed E-state index contributed by atoms with van der Waals surface area (Å²) in [6.45, 7) is 6.32. The summed E-state index contributed by atoms with van der Waals surface area (Å²) in [6, 6.07) is 12.1. The van der Waals surface area contributed by atoms with Gasteiger partial charge in [0.2, 0.25) is 15.9 Å². The van der Waals surface area contributed by atoms with Crippen molar-refractivity contribution in [3.05, 3.63) is 48.0 Å². The summed E-state index contributed by atoms with van der Waals surface area (Å²) in [5.74, 6) is 1.36. The SMILES string of the molecule is CCOc1ccc(OCCNS(=O)(=O)c2ccc3c(c2)CC(C)N3C(C)=O)cc1. The number of nitrogens with zero attached hydrogens (tertiary/aromatic N) is 1. The van der Waals surface area contributed by atoms with Gasteiger partial charge >= 0.3 is 0 Å². The number of hydrogen-bond acceptors (Lipinski definition) is 5. The largest absolute Gasteiger partial charge is 0.494 e. The molecule has 29 heavy (non-hydrogen) atoms. The zero-order chi connectivity index (χ0) is 21.0. The van der Waals surface area contributed by atoms with Crippen molar-refractivity contribution in [2.24, 2.45) is 0 Å². The molecule has 1 unspecified atom stereocenters. The van der Waals surface area contributed by atoms with Gasteiger partial charge < -0.3 is 14.4 Å². The topological polar surface area (TPSA) is 84.9 Å². The van der Waals surface area contributed by atoms with E-state index < -0.39 is 10.0 Å². The maximum absolute atomic E-state index is 12.6. The standard InChI is InChI=1S/C21H26N2O5S/c1-4-27-18-5-7-19(8-6-18)28-12-11-22-29(25,26)20-9-10-21-17(14-20)13-15(2)23(21)16(3)24/h5-10,14-15,22H,4,11-13H2,1-3H3. The summed E-state index contributed by atoms with van der Waals surface area (Å²) in [5, 5.41) is 0. The first-order valence-electron chi connectivity index (χ1n) is 9.60. The minimum absolute atomic E-state index is 0.0240. The average Bonchev–Trinajstić information content (AvgIpc) is 3.02. The predicted octanol–water partition coefficient (Wildman–Crippen LogP) is 2.74. The Morgan fingerprint density at radius 1 is 1.14 bits per heavy atom. The van der Waals surface area contributed by atoms with Gasteiger partial charge in [-0.3, -0.25) is 4.79 Å². The first kappa shape index (κ1) is 21.1. The molecule has 3 rings (SSSR count). The molecule has 0 aliphatic carbocycles. The average molecular weight is 419 g/mol. The van der Waals surface area contributed by atoms with Gasteiger partial charge in [-0.2, -0.15) is 0 Å². The van der Waals surface area contributed by atoms with Gasteiger partial charge in [-0.15, -0.1) is 0 Å². The molecule has 1 aliphatic heterocycles. The second-order valence-corrected chi connectivity index (χ2v) is 8.65. The third kappa shape index (κ3) is 4.89. The number of amides is 1. The van der Waals surface area contributed by atoms with E-state index in [0.29, 0.717) is 18.8 Å². The Kier molecular flexibility index (Phi) is 6.44. The molecular formula is C21H26N2O5S. The Hall–Kier alpha value is -2.58. The van der Waals surface area contributed by atoms with Crippen molar-refractivity contribution in [1.82, 2.24) is 4.72 Å². The molecule has 0 aromatic heterocycles. The minimum Gasteiger partial charge on any atom is -0.494 e. The number of ether oxygens (including phenoxy) is 2. The predicted molar refractivity (Wildman–Crippen MR) is 111 cm³/mol. The van der Waals surface area contributed by atoms with Crippen LogP contribution in [0.25, 0.3) is 0 Å². The monoisotopic (exact) mass is 418 g/mol. The number of sulfonamides is 1. The molecule has 2 aromatic rings. The Morgan fingerprint density at radius 3 is 2.41 bits per heavy atom. The molecule has 1 amide bonds. The first-order chi connectivity index (χ1) is 13.8. The van der Waals surface area contributed by atoms with Crippen molar-refractivity contribution in [2.75, 3.05) is 24.7 Å². The number of fused-ring (bicyclic) bond motifs is 1. The van der Waals surface area contributed by atoms with Gasteiger partial charge in [0.15, 0.2) is 0 Å². The van der Waals surface area contributed by atoms with Gasteiger partial charge in [0.25, 0.3) is 0 Å². The highest BCUT2D eigenvalue weighted by molar-refractivity contribution is 7.89. The van der Waals surface area contributed by atoms with Crippen molar-refractivity contribution in [3.8, 4) is 11.5 Å². The van der Waals surface area contributed by atoms with E-state index in [1.54, 1.807) is 41.3 Å². The quantitative estimate of drug-likeness (QED) is 0.667. The van der Waals surface area contributed by atoms with Crippen LogP contribution in [0.5, 0.6) is 11.5 Å². The van der Waals surface area contributed by atoms with Gasteiger partial charge in [-0.25, -0.2) is 13.1 Å². The molecule has 2 aromatic carbocycles. The molecule has 1 aliphatic rings. The zero-order valence-electron chi connectivity index (χ0n) is 16.8. The normalized spacial score (nSPS) is 15.8. The molecule has 0 saturated carbocycles. The maximum atomic E-state index is 12.6. The second-order valence-electron chi connectivity index (χ2n) is 6.88. The number of carbonyl (C=O) groups is 1. The lowest BCUT2D eigenvalue weighted by atomic mass is 10.1. The first-order valence-corrected chi connectivity index (χ1v) is 11.1. The second kappa shape index (κ2) is 8.84. The third-order valence-corrected chi connectivity index (χ3v) is 6.17. The van der Waals surface area contributed by atoms with E-state index in [2.05, 4.69) is 4.72 Å². The van der Waals surface area contributed by atoms with Crippen LogP contribution in [0.2, 0.25) is 0 Å². The molecule has 0 fully saturated rings. The molecule has 0 saturated heterocycles. The molecule has 1 heterocycles. The molecule has 1 N–H and O–H groups in total. The fourth-order valence-electron chi connectivity index (χ4n) is 3.48. The summed E-state index contributed by atoms with van der Waals surface area (Å²) in [7, 11) is -3.66. The summed E-state index contributed by atoms with van der Waals surface area (Å²) >= 11 is 0. The van der Waals surface area contributed by atoms with Crippen molar-refractivity contribution >= 4 is 21.6 Å². The number of rotatable bonds is 8. The van der Waals surface area contributed by atoms with E-state index in [1.165, 1.54) is 13.0 Å². The van der Waals surface area contributed by atoms with E-state index in [9.17, 15) is 13.2 Å². The van der Waals surface area contributed by atoms with Crippen LogP contribution < -0.4 is 19.1 Å². The Morgan fingerprint density at radius 2 is 1.79 bits per heavy atom. The van der Waals surface area contributed by atoms with Crippen LogP contribution in [0.1, 0.15) is 26.3 Å². The smallest absolute Gasteiger partial charge is 0.240 e. The lowest BCUT2D eigenvalue weighted by Gasteiger charge is -2.20. The van der Waals surface area contributed by atoms with Gasteiger partial charge in [0, 0.05) is 25.2 Å². The fraction of sp³-hybridized carbons (Fsp3) is 0.381. The lowest BCUT2D eigenvalue weighted by Crippen LogP contribution is -2.33. The van der Waals surface area contributed by atoms with E-state index in [1.807, 2.05) is 13.8 Å². The fourth-order valence-corrected chi connectivity index (χ4v) is 4.54. The lowest BCUT2D eigenvalue weighted by molar-refractivity contribution is -0.116. The number of hydrogen-bond donors (Lipinski definition) is 1. The highest BCUT2D eigenvalue weighted by atomic mass is 32.2. The van der Waals surface area contributed by atoms with Crippen LogP contribution >= 0.6 is 0 Å². The molecule has 156 valence electrons. The molecule has 8 heteroatoms. The molecule has 0 bridgehead atoms. The Balaban J connectivity index is 1.58. The Labute approximate surface area is 171 Å². The Bertz CT molecular complexity index is 973. The number of anilines is 1. The van der Waals surface area contributed by atoms with Gasteiger partial charge in [0.1, 0.15) is 18.1 Å². The van der Waals surface area contributed by atoms with Crippen LogP contribution in [-0.2, 0) is 21.2 Å². The van der Waals surface area contributed by atoms with E-state index >= 15 is 0 Å². The summed E-state index contributed by atoms with van der Waals surface area (Å²) in [6.07, 6.45) is 0.638. The number of benzene rings is 2. The van der Waals surface area contributed by atoms with Gasteiger partial charge in [0.05, 0.1) is 11.5 Å². The molecule has 7 nitrogen and oxygen atoms in total. The van der Waals surface area contributed by atoms with Crippen molar-refractivity contribution < 1.29 is 22.7 Å². The number of nitrogens with one attached hydrogen (secondary N) is 1. The van der Waals surface area contributed by atoms with Crippen LogP contribution in [-0.4, -0.2) is 40.1 Å². The van der Waals surface area contributed by atoms with E-state index in [4.69, 9.17) is 9.47 Å². The zero-order valence-corrected chi connectivity index (χ0v) is 17.7. The minimum atomic E-state index is -3.66. The molecule has 0 spiro atoms. The van der Waals surface area contributed by atoms with E-state index in [-0.39, 0.29) is 30.0 Å². The summed E-state index contributed by atoms with van der Waals surface area (Å²) < 4.78 is 38.7. The highest BCUT2D eigenvalue weighted by Crippen LogP contribution is 2.33. The van der Waals surface area contributed by atoms with Gasteiger partial charge in [-0.05, 0) is 68.3 Å². The van der Waals surface area contributed by atoms with Crippen LogP contribution in [0.3, 0.4) is 0 Å². The highest BCUT2D eigenvalue weighted by Gasteiger charge is 2.30. The third-order valence-electron chi connectivity index (χ3n) is 4.71. The summed E-state index contributed by atoms with van der Waals surface area (Å²) in [4.78, 5) is 13.7. The van der Waals surface area contributed by atoms with Crippen LogP contribution in [0, 0.1) is 0 Å². The van der Waals surface area contributed by atoms with Crippen LogP contribution in [0.15, 0.2) is 47.4 Å². The molecule has 1 atom stereocenters. The molecular weight excluding hydrogens is 392 g/mol. The number of carbonyl (C=O) groups excluding carboxylic acids is 1. The van der Waals surface area contributed by atoms with Gasteiger partial charge in [-0.1, -0.05) is 0 Å². The van der Waals surface area contributed by atoms with Crippen molar-refractivity contribution in [1.29, 1.82) is 0 Å². The van der Waals surface area contributed by atoms with Crippen LogP contribution in [0.4, 0.5) is 5.69 Å². The maximum Gasteiger partial charge on any atom is 0.240 e.